The Hall–Kier alpha value is -1.49. The summed E-state index contributed by atoms with van der Waals surface area (Å²) in [5, 5.41) is 0. The van der Waals surface area contributed by atoms with Crippen LogP contribution in [0.3, 0.4) is 0 Å². The quantitative estimate of drug-likeness (QED) is 0.684. The Bertz CT molecular complexity index is 689. The van der Waals surface area contributed by atoms with Crippen molar-refractivity contribution in [2.24, 2.45) is 11.3 Å². The second-order valence-electron chi connectivity index (χ2n) is 10.3. The first-order valence-corrected chi connectivity index (χ1v) is 12.5. The average molecular weight is 414 g/mol. The highest BCUT2D eigenvalue weighted by molar-refractivity contribution is 5.68. The summed E-state index contributed by atoms with van der Waals surface area (Å²) in [5.74, 6) is 0.861. The van der Waals surface area contributed by atoms with Gasteiger partial charge < -0.3 is 19.4 Å². The fourth-order valence-electron chi connectivity index (χ4n) is 6.92. The number of nitrogens with zero attached hydrogens (tertiary/aromatic N) is 3. The van der Waals surface area contributed by atoms with E-state index in [1.807, 2.05) is 11.8 Å². The summed E-state index contributed by atoms with van der Waals surface area (Å²) >= 11 is 0. The lowest BCUT2D eigenvalue weighted by Gasteiger charge is -2.52. The van der Waals surface area contributed by atoms with Crippen LogP contribution in [0.25, 0.3) is 0 Å². The van der Waals surface area contributed by atoms with Gasteiger partial charge in [0.2, 0.25) is 0 Å². The fraction of sp³-hybridized carbons (Fsp3) is 0.800. The first-order valence-electron chi connectivity index (χ1n) is 12.5. The van der Waals surface area contributed by atoms with Crippen molar-refractivity contribution >= 4 is 6.09 Å². The number of carbonyl (C=O) groups excluding carboxylic acids is 1. The molecule has 5 nitrogen and oxygen atoms in total. The summed E-state index contributed by atoms with van der Waals surface area (Å²) in [6.45, 7) is 7.96. The fourth-order valence-corrected chi connectivity index (χ4v) is 6.92. The molecule has 3 aliphatic heterocycles. The summed E-state index contributed by atoms with van der Waals surface area (Å²) in [7, 11) is 0. The van der Waals surface area contributed by atoms with Crippen molar-refractivity contribution in [1.82, 2.24) is 14.7 Å². The van der Waals surface area contributed by atoms with Crippen LogP contribution in [-0.2, 0) is 4.74 Å². The summed E-state index contributed by atoms with van der Waals surface area (Å²) in [4.78, 5) is 19.5. The second-order valence-corrected chi connectivity index (χ2v) is 10.3. The number of piperidine rings is 1. The van der Waals surface area contributed by atoms with Gasteiger partial charge in [-0.1, -0.05) is 12.2 Å². The molecule has 3 saturated heterocycles. The average Bonchev–Trinajstić information content (AvgIpc) is 3.42. The number of allylic oxidation sites excluding steroid dienone is 3. The molecule has 5 heteroatoms. The molecular formula is C25H39N3O2. The highest BCUT2D eigenvalue weighted by Gasteiger charge is 2.51. The third kappa shape index (κ3) is 3.90. The van der Waals surface area contributed by atoms with E-state index in [9.17, 15) is 4.79 Å². The Morgan fingerprint density at radius 1 is 1.13 bits per heavy atom. The molecule has 1 saturated carbocycles. The molecule has 166 valence electrons. The molecule has 1 amide bonds. The molecule has 2 aliphatic carbocycles. The SMILES string of the molecule is CCOC(=O)N1CCC2(CC(N3CCC([C@@H]4CCCN4C4=CCCC=C4)CC3)C2)C1. The Labute approximate surface area is 182 Å². The smallest absolute Gasteiger partial charge is 0.409 e. The van der Waals surface area contributed by atoms with E-state index in [1.54, 1.807) is 0 Å². The minimum Gasteiger partial charge on any atom is -0.450 e. The van der Waals surface area contributed by atoms with Gasteiger partial charge in [0.1, 0.15) is 0 Å². The van der Waals surface area contributed by atoms with Crippen molar-refractivity contribution in [2.45, 2.75) is 76.8 Å². The van der Waals surface area contributed by atoms with Crippen LogP contribution in [0.4, 0.5) is 4.79 Å². The van der Waals surface area contributed by atoms with Gasteiger partial charge in [-0.15, -0.1) is 0 Å². The van der Waals surface area contributed by atoms with Gasteiger partial charge in [0.15, 0.2) is 0 Å². The number of ether oxygens (including phenoxy) is 1. The Morgan fingerprint density at radius 2 is 1.97 bits per heavy atom. The molecule has 30 heavy (non-hydrogen) atoms. The predicted octanol–water partition coefficient (Wildman–Crippen LogP) is 4.41. The van der Waals surface area contributed by atoms with E-state index in [0.717, 1.165) is 31.1 Å². The summed E-state index contributed by atoms with van der Waals surface area (Å²) in [5.41, 5.74) is 1.88. The molecule has 0 bridgehead atoms. The van der Waals surface area contributed by atoms with Gasteiger partial charge in [0.25, 0.3) is 0 Å². The van der Waals surface area contributed by atoms with Gasteiger partial charge in [0.05, 0.1) is 6.61 Å². The van der Waals surface area contributed by atoms with Crippen LogP contribution in [0, 0.1) is 11.3 Å². The van der Waals surface area contributed by atoms with Gasteiger partial charge in [0, 0.05) is 37.4 Å². The Balaban J connectivity index is 1.10. The Kier molecular flexibility index (Phi) is 5.83. The topological polar surface area (TPSA) is 36.0 Å². The van der Waals surface area contributed by atoms with Crippen LogP contribution in [0.15, 0.2) is 23.9 Å². The molecule has 1 spiro atoms. The largest absolute Gasteiger partial charge is 0.450 e. The molecule has 0 unspecified atom stereocenters. The molecule has 4 fully saturated rings. The second kappa shape index (κ2) is 8.57. The van der Waals surface area contributed by atoms with E-state index >= 15 is 0 Å². The van der Waals surface area contributed by atoms with Crippen LogP contribution in [0.5, 0.6) is 0 Å². The zero-order chi connectivity index (χ0) is 20.6. The third-order valence-corrected chi connectivity index (χ3v) is 8.54. The summed E-state index contributed by atoms with van der Waals surface area (Å²) in [6.07, 6.45) is 18.7. The molecule has 0 aromatic carbocycles. The first kappa shape index (κ1) is 20.4. The standard InChI is InChI=1S/C25H39N3O2/c1-2-30-24(29)27-16-12-25(19-27)17-22(18-25)26-14-10-20(11-15-26)23-9-6-13-28(23)21-7-4-3-5-8-21/h4,7-8,20,22-23H,2-3,5-6,9-19H2,1H3/t22?,23-,25?/m0/s1. The van der Waals surface area contributed by atoms with E-state index in [4.69, 9.17) is 4.74 Å². The Morgan fingerprint density at radius 3 is 2.70 bits per heavy atom. The molecular weight excluding hydrogens is 374 g/mol. The van der Waals surface area contributed by atoms with Crippen molar-refractivity contribution < 1.29 is 9.53 Å². The number of rotatable bonds is 4. The van der Waals surface area contributed by atoms with Crippen molar-refractivity contribution in [2.75, 3.05) is 39.3 Å². The lowest BCUT2D eigenvalue weighted by atomic mass is 9.64. The van der Waals surface area contributed by atoms with E-state index in [-0.39, 0.29) is 6.09 Å². The van der Waals surface area contributed by atoms with Crippen molar-refractivity contribution in [3.63, 3.8) is 0 Å². The number of hydrogen-bond donors (Lipinski definition) is 0. The van der Waals surface area contributed by atoms with Crippen molar-refractivity contribution in [1.29, 1.82) is 0 Å². The minimum atomic E-state index is -0.109. The molecule has 0 aromatic rings. The number of hydrogen-bond acceptors (Lipinski definition) is 4. The highest BCUT2D eigenvalue weighted by atomic mass is 16.6. The van der Waals surface area contributed by atoms with Crippen LogP contribution < -0.4 is 0 Å². The van der Waals surface area contributed by atoms with E-state index in [1.165, 1.54) is 83.1 Å². The molecule has 1 atom stereocenters. The van der Waals surface area contributed by atoms with Gasteiger partial charge >= 0.3 is 6.09 Å². The van der Waals surface area contributed by atoms with Gasteiger partial charge in [-0.2, -0.15) is 0 Å². The van der Waals surface area contributed by atoms with Gasteiger partial charge in [-0.05, 0) is 95.2 Å². The number of likely N-dealkylation sites (tertiary alicyclic amines) is 3. The molecule has 5 rings (SSSR count). The summed E-state index contributed by atoms with van der Waals surface area (Å²) in [6, 6.07) is 1.51. The van der Waals surface area contributed by atoms with Crippen LogP contribution in [0.2, 0.25) is 0 Å². The maximum Gasteiger partial charge on any atom is 0.409 e. The maximum atomic E-state index is 12.0. The van der Waals surface area contributed by atoms with Crippen LogP contribution in [-0.4, -0.2) is 72.2 Å². The highest BCUT2D eigenvalue weighted by Crippen LogP contribution is 2.51. The zero-order valence-corrected chi connectivity index (χ0v) is 18.7. The monoisotopic (exact) mass is 413 g/mol. The van der Waals surface area contributed by atoms with Crippen molar-refractivity contribution in [3.8, 4) is 0 Å². The maximum absolute atomic E-state index is 12.0. The zero-order valence-electron chi connectivity index (χ0n) is 18.7. The lowest BCUT2D eigenvalue weighted by Crippen LogP contribution is -2.55. The predicted molar refractivity (Wildman–Crippen MR) is 119 cm³/mol. The number of amides is 1. The van der Waals surface area contributed by atoms with E-state index < -0.39 is 0 Å². The van der Waals surface area contributed by atoms with Gasteiger partial charge in [-0.3, -0.25) is 0 Å². The van der Waals surface area contributed by atoms with Crippen LogP contribution >= 0.6 is 0 Å². The molecule has 5 aliphatic rings. The minimum absolute atomic E-state index is 0.109. The molecule has 3 heterocycles. The number of carbonyl (C=O) groups is 1. The van der Waals surface area contributed by atoms with E-state index in [0.29, 0.717) is 12.0 Å². The van der Waals surface area contributed by atoms with Gasteiger partial charge in [-0.25, -0.2) is 4.79 Å². The molecule has 0 aromatic heterocycles. The lowest BCUT2D eigenvalue weighted by molar-refractivity contribution is -0.0146. The third-order valence-electron chi connectivity index (χ3n) is 8.54. The van der Waals surface area contributed by atoms with Crippen LogP contribution in [0.1, 0.15) is 64.7 Å². The first-order chi connectivity index (χ1) is 14.7. The molecule has 0 N–H and O–H groups in total. The van der Waals surface area contributed by atoms with Crippen molar-refractivity contribution in [3.05, 3.63) is 23.9 Å². The van der Waals surface area contributed by atoms with E-state index in [2.05, 4.69) is 28.0 Å². The summed E-state index contributed by atoms with van der Waals surface area (Å²) < 4.78 is 5.21. The normalized spacial score (nSPS) is 35.0. The molecule has 0 radical (unpaired) electrons.